The number of rotatable bonds is 13. The number of allylic oxidation sites excluding steroid dienone is 2. The van der Waals surface area contributed by atoms with Crippen molar-refractivity contribution < 1.29 is 19.1 Å². The predicted octanol–water partition coefficient (Wildman–Crippen LogP) is 7.17. The first kappa shape index (κ1) is 33.1. The van der Waals surface area contributed by atoms with E-state index < -0.39 is 5.56 Å². The molecule has 9 nitrogen and oxygen atoms in total. The minimum absolute atomic E-state index is 0.0938. The molecule has 0 saturated heterocycles. The van der Waals surface area contributed by atoms with Gasteiger partial charge in [0.2, 0.25) is 5.95 Å². The van der Waals surface area contributed by atoms with Crippen molar-refractivity contribution in [1.82, 2.24) is 14.5 Å². The average Bonchev–Trinajstić information content (AvgIpc) is 3.07. The van der Waals surface area contributed by atoms with E-state index >= 15 is 0 Å². The second-order valence-electron chi connectivity index (χ2n) is 10.5. The number of benzene rings is 3. The molecule has 1 N–H and O–H groups in total. The summed E-state index contributed by atoms with van der Waals surface area (Å²) in [6.07, 6.45) is 4.45. The van der Waals surface area contributed by atoms with Crippen LogP contribution in [0, 0.1) is 0 Å². The van der Waals surface area contributed by atoms with E-state index in [2.05, 4.69) is 23.5 Å². The Kier molecular flexibility index (Phi) is 10.2. The minimum atomic E-state index is -0.439. The first-order valence-electron chi connectivity index (χ1n) is 14.4. The standard InChI is InChI=1S/C36H30Cl2N4O5/c1-5-25(43)15-21-10-9-11-22(14-21)20-42-34-24(17-27(35(42)45)31-32(37)29(46-3)18-30(47-4)33(31)38)19-39-36(41-34)40-28-13-8-7-12-23(28)16-26(44)6-2/h5-14,17-19H,1-2,15-16,20H2,3-4H3,(H,39,40,41). The van der Waals surface area contributed by atoms with E-state index in [4.69, 9.17) is 37.7 Å². The number of ether oxygens (including phenoxy) is 2. The van der Waals surface area contributed by atoms with Gasteiger partial charge < -0.3 is 14.8 Å². The highest BCUT2D eigenvalue weighted by Crippen LogP contribution is 2.45. The van der Waals surface area contributed by atoms with Crippen LogP contribution in [0.25, 0.3) is 22.2 Å². The zero-order chi connectivity index (χ0) is 33.7. The first-order valence-corrected chi connectivity index (χ1v) is 15.2. The number of carbonyl (C=O) groups excluding carboxylic acids is 2. The molecule has 238 valence electrons. The molecule has 0 aliphatic rings. The molecule has 5 aromatic rings. The first-order chi connectivity index (χ1) is 22.7. The molecule has 47 heavy (non-hydrogen) atoms. The summed E-state index contributed by atoms with van der Waals surface area (Å²) in [4.78, 5) is 47.9. The Labute approximate surface area is 281 Å². The molecule has 0 atom stereocenters. The van der Waals surface area contributed by atoms with Crippen LogP contribution >= 0.6 is 23.2 Å². The summed E-state index contributed by atoms with van der Waals surface area (Å²) < 4.78 is 12.4. The van der Waals surface area contributed by atoms with Crippen LogP contribution in [0.4, 0.5) is 11.6 Å². The maximum absolute atomic E-state index is 14.4. The van der Waals surface area contributed by atoms with Gasteiger partial charge in [0.1, 0.15) is 17.1 Å². The summed E-state index contributed by atoms with van der Waals surface area (Å²) in [5, 5.41) is 3.98. The van der Waals surface area contributed by atoms with Crippen molar-refractivity contribution in [2.24, 2.45) is 0 Å². The number of aromatic nitrogens is 3. The fraction of sp³-hybridized carbons (Fsp3) is 0.139. The smallest absolute Gasteiger partial charge is 0.260 e. The van der Waals surface area contributed by atoms with Gasteiger partial charge in [-0.3, -0.25) is 19.0 Å². The number of para-hydroxylation sites is 1. The second-order valence-corrected chi connectivity index (χ2v) is 11.3. The van der Waals surface area contributed by atoms with Crippen molar-refractivity contribution in [1.29, 1.82) is 0 Å². The lowest BCUT2D eigenvalue weighted by Gasteiger charge is -2.18. The number of pyridine rings is 1. The maximum atomic E-state index is 14.4. The van der Waals surface area contributed by atoms with Crippen LogP contribution in [0.15, 0.2) is 97.0 Å². The lowest BCUT2D eigenvalue weighted by Crippen LogP contribution is -2.24. The van der Waals surface area contributed by atoms with Crippen molar-refractivity contribution >= 4 is 57.4 Å². The molecular formula is C36H30Cl2N4O5. The largest absolute Gasteiger partial charge is 0.495 e. The quantitative estimate of drug-likeness (QED) is 0.131. The van der Waals surface area contributed by atoms with Gasteiger partial charge in [-0.05, 0) is 41.0 Å². The molecule has 0 fully saturated rings. The Morgan fingerprint density at radius 1 is 0.894 bits per heavy atom. The molecule has 11 heteroatoms. The number of ketones is 2. The van der Waals surface area contributed by atoms with Crippen LogP contribution < -0.4 is 20.3 Å². The second kappa shape index (κ2) is 14.5. The number of hydrogen-bond donors (Lipinski definition) is 1. The van der Waals surface area contributed by atoms with E-state index in [9.17, 15) is 14.4 Å². The van der Waals surface area contributed by atoms with E-state index in [1.807, 2.05) is 48.5 Å². The van der Waals surface area contributed by atoms with E-state index in [1.54, 1.807) is 18.3 Å². The van der Waals surface area contributed by atoms with Crippen LogP contribution in [0.5, 0.6) is 11.5 Å². The third-order valence-electron chi connectivity index (χ3n) is 7.46. The number of fused-ring (bicyclic) bond motifs is 1. The number of hydrogen-bond acceptors (Lipinski definition) is 8. The van der Waals surface area contributed by atoms with Crippen molar-refractivity contribution in [3.63, 3.8) is 0 Å². The van der Waals surface area contributed by atoms with E-state index in [1.165, 1.54) is 30.9 Å². The monoisotopic (exact) mass is 668 g/mol. The summed E-state index contributed by atoms with van der Waals surface area (Å²) in [6.45, 7) is 7.21. The molecule has 3 aromatic carbocycles. The highest BCUT2D eigenvalue weighted by molar-refractivity contribution is 6.41. The van der Waals surface area contributed by atoms with Gasteiger partial charge in [-0.25, -0.2) is 4.98 Å². The Morgan fingerprint density at radius 3 is 2.23 bits per heavy atom. The third-order valence-corrected chi connectivity index (χ3v) is 8.21. The zero-order valence-electron chi connectivity index (χ0n) is 25.7. The molecule has 0 saturated carbocycles. The zero-order valence-corrected chi connectivity index (χ0v) is 27.2. The minimum Gasteiger partial charge on any atom is -0.495 e. The molecule has 0 aliphatic heterocycles. The lowest BCUT2D eigenvalue weighted by atomic mass is 10.0. The van der Waals surface area contributed by atoms with Crippen molar-refractivity contribution in [2.75, 3.05) is 19.5 Å². The van der Waals surface area contributed by atoms with Gasteiger partial charge in [0.25, 0.3) is 5.56 Å². The van der Waals surface area contributed by atoms with Gasteiger partial charge in [0.15, 0.2) is 11.6 Å². The van der Waals surface area contributed by atoms with Crippen LogP contribution in [0.2, 0.25) is 10.0 Å². The summed E-state index contributed by atoms with van der Waals surface area (Å²) in [5.41, 5.74) is 3.19. The fourth-order valence-electron chi connectivity index (χ4n) is 5.14. The predicted molar refractivity (Wildman–Crippen MR) is 185 cm³/mol. The number of carbonyl (C=O) groups is 2. The molecule has 0 radical (unpaired) electrons. The molecule has 0 aliphatic carbocycles. The van der Waals surface area contributed by atoms with Gasteiger partial charge >= 0.3 is 0 Å². The summed E-state index contributed by atoms with van der Waals surface area (Å²) in [6, 6.07) is 17.8. The highest BCUT2D eigenvalue weighted by Gasteiger charge is 2.23. The van der Waals surface area contributed by atoms with Gasteiger partial charge in [-0.15, -0.1) is 0 Å². The van der Waals surface area contributed by atoms with Crippen LogP contribution in [0.3, 0.4) is 0 Å². The average molecular weight is 670 g/mol. The molecule has 2 aromatic heterocycles. The number of nitrogens with one attached hydrogen (secondary N) is 1. The lowest BCUT2D eigenvalue weighted by molar-refractivity contribution is -0.114. The normalized spacial score (nSPS) is 10.8. The van der Waals surface area contributed by atoms with Gasteiger partial charge in [-0.1, -0.05) is 78.8 Å². The molecule has 2 heterocycles. The number of methoxy groups -OCH3 is 2. The Morgan fingerprint density at radius 2 is 1.55 bits per heavy atom. The van der Waals surface area contributed by atoms with E-state index in [-0.39, 0.29) is 69.6 Å². The number of nitrogens with zero attached hydrogens (tertiary/aromatic N) is 3. The van der Waals surface area contributed by atoms with Crippen LogP contribution in [-0.4, -0.2) is 40.3 Å². The molecular weight excluding hydrogens is 639 g/mol. The highest BCUT2D eigenvalue weighted by atomic mass is 35.5. The van der Waals surface area contributed by atoms with Crippen LogP contribution in [0.1, 0.15) is 16.7 Å². The van der Waals surface area contributed by atoms with Crippen molar-refractivity contribution in [3.8, 4) is 22.6 Å². The van der Waals surface area contributed by atoms with Crippen molar-refractivity contribution in [2.45, 2.75) is 19.4 Å². The fourth-order valence-corrected chi connectivity index (χ4v) is 5.84. The Hall–Kier alpha value is -5.25. The summed E-state index contributed by atoms with van der Waals surface area (Å²) in [7, 11) is 2.91. The van der Waals surface area contributed by atoms with Crippen LogP contribution in [-0.2, 0) is 29.0 Å². The Bertz CT molecular complexity index is 2080. The molecule has 0 amide bonds. The topological polar surface area (TPSA) is 112 Å². The van der Waals surface area contributed by atoms with Gasteiger partial charge in [0, 0.05) is 41.7 Å². The molecule has 0 unspecified atom stereocenters. The van der Waals surface area contributed by atoms with E-state index in [0.29, 0.717) is 16.7 Å². The van der Waals surface area contributed by atoms with E-state index in [0.717, 1.165) is 16.7 Å². The Balaban J connectivity index is 1.71. The SMILES string of the molecule is C=CC(=O)Cc1cccc(Cn2c(=O)c(-c3c(Cl)c(OC)cc(OC)c3Cl)cc3cnc(Nc4ccccc4CC(=O)C=C)nc32)c1. The van der Waals surface area contributed by atoms with Gasteiger partial charge in [-0.2, -0.15) is 4.98 Å². The van der Waals surface area contributed by atoms with Crippen molar-refractivity contribution in [3.05, 3.63) is 129 Å². The summed E-state index contributed by atoms with van der Waals surface area (Å²) in [5.74, 6) is 0.502. The number of anilines is 2. The summed E-state index contributed by atoms with van der Waals surface area (Å²) >= 11 is 13.5. The molecule has 0 bridgehead atoms. The molecule has 0 spiro atoms. The van der Waals surface area contributed by atoms with Gasteiger partial charge in [0.05, 0.1) is 36.4 Å². The molecule has 5 rings (SSSR count). The maximum Gasteiger partial charge on any atom is 0.260 e. The third kappa shape index (κ3) is 7.11. The number of halogens is 2.